The molecule has 4 aromatic rings. The number of pyridine rings is 2. The number of phenols is 2. The van der Waals surface area contributed by atoms with Crippen molar-refractivity contribution in [3.05, 3.63) is 134 Å². The number of hydrogen-bond donors (Lipinski definition) is 2. The first-order valence-corrected chi connectivity index (χ1v) is 11.2. The fraction of sp³-hybridized carbons (Fsp3) is 0. The third-order valence-corrected chi connectivity index (χ3v) is 4.85. The van der Waals surface area contributed by atoms with Crippen molar-refractivity contribution in [2.24, 2.45) is 0 Å². The van der Waals surface area contributed by atoms with Crippen LogP contribution in [0.3, 0.4) is 0 Å². The van der Waals surface area contributed by atoms with Crippen molar-refractivity contribution >= 4 is 34.1 Å². The van der Waals surface area contributed by atoms with E-state index in [0.717, 1.165) is 11.5 Å². The molecular formula is C22H14N8O15. The lowest BCUT2D eigenvalue weighted by atomic mass is 10.2. The lowest BCUT2D eigenvalue weighted by Crippen LogP contribution is -1.97. The molecule has 0 atom stereocenters. The van der Waals surface area contributed by atoms with Gasteiger partial charge in [0.05, 0.1) is 53.8 Å². The number of aromatic hydroxyl groups is 2. The van der Waals surface area contributed by atoms with Crippen LogP contribution in [0.25, 0.3) is 0 Å². The van der Waals surface area contributed by atoms with Gasteiger partial charge in [0.25, 0.3) is 22.9 Å². The lowest BCUT2D eigenvalue weighted by Gasteiger charge is -2.02. The fourth-order valence-electron chi connectivity index (χ4n) is 2.90. The van der Waals surface area contributed by atoms with E-state index in [4.69, 9.17) is 14.9 Å². The molecule has 45 heavy (non-hydrogen) atoms. The van der Waals surface area contributed by atoms with Crippen molar-refractivity contribution in [1.29, 1.82) is 0 Å². The predicted octanol–water partition coefficient (Wildman–Crippen LogP) is 4.50. The summed E-state index contributed by atoms with van der Waals surface area (Å²) in [5, 5.41) is 80.4. The molecule has 4 rings (SSSR count). The molecule has 0 aliphatic heterocycles. The highest BCUT2D eigenvalue weighted by atomic mass is 16.7. The molecule has 0 amide bonds. The molecule has 2 aromatic carbocycles. The zero-order valence-electron chi connectivity index (χ0n) is 21.7. The number of nitro groups is 6. The highest BCUT2D eigenvalue weighted by Crippen LogP contribution is 2.40. The van der Waals surface area contributed by atoms with E-state index in [1.165, 1.54) is 0 Å². The Morgan fingerprint density at radius 2 is 0.711 bits per heavy atom. The molecule has 0 saturated heterocycles. The number of phenolic OH excluding ortho intramolecular Hbond substituents is 2. The number of hydrogen-bond acceptors (Lipinski definition) is 17. The Balaban J connectivity index is 0.000000236. The van der Waals surface area contributed by atoms with Crippen molar-refractivity contribution in [2.45, 2.75) is 0 Å². The van der Waals surface area contributed by atoms with E-state index in [9.17, 15) is 60.7 Å². The van der Waals surface area contributed by atoms with Gasteiger partial charge in [-0.2, -0.15) is 0 Å². The van der Waals surface area contributed by atoms with Crippen molar-refractivity contribution < 1.29 is 44.5 Å². The van der Waals surface area contributed by atoms with E-state index < -0.39 is 75.2 Å². The lowest BCUT2D eigenvalue weighted by molar-refractivity contribution is -0.404. The molecule has 232 valence electrons. The van der Waals surface area contributed by atoms with Gasteiger partial charge in [0.15, 0.2) is 0 Å². The second-order valence-corrected chi connectivity index (χ2v) is 7.68. The van der Waals surface area contributed by atoms with Gasteiger partial charge in [0.2, 0.25) is 0 Å². The molecule has 0 aliphatic rings. The minimum absolute atomic E-state index is 0.447. The Hall–Kier alpha value is -7.46. The highest BCUT2D eigenvalue weighted by molar-refractivity contribution is 5.65. The number of rotatable bonds is 8. The predicted molar refractivity (Wildman–Crippen MR) is 145 cm³/mol. The average Bonchev–Trinajstić information content (AvgIpc) is 2.98. The van der Waals surface area contributed by atoms with Gasteiger partial charge < -0.3 is 14.9 Å². The van der Waals surface area contributed by atoms with Crippen LogP contribution in [0.5, 0.6) is 23.0 Å². The maximum atomic E-state index is 10.4. The van der Waals surface area contributed by atoms with Gasteiger partial charge in [-0.25, -0.2) is 0 Å². The Morgan fingerprint density at radius 3 is 0.911 bits per heavy atom. The van der Waals surface area contributed by atoms with Gasteiger partial charge in [-0.1, -0.05) is 0 Å². The Labute approximate surface area is 246 Å². The van der Waals surface area contributed by atoms with Crippen LogP contribution in [0.4, 0.5) is 34.1 Å². The molecule has 0 saturated carbocycles. The maximum Gasteiger partial charge on any atom is 0.324 e. The number of non-ortho nitro benzene ring substituents is 2. The molecule has 0 radical (unpaired) electrons. The summed E-state index contributed by atoms with van der Waals surface area (Å²) in [5.41, 5.74) is -6.00. The summed E-state index contributed by atoms with van der Waals surface area (Å²) in [6, 6.07) is 9.01. The van der Waals surface area contributed by atoms with Crippen molar-refractivity contribution in [3.8, 4) is 23.0 Å². The van der Waals surface area contributed by atoms with E-state index in [0.29, 0.717) is 24.3 Å². The zero-order chi connectivity index (χ0) is 33.8. The molecule has 0 aliphatic carbocycles. The maximum absolute atomic E-state index is 10.4. The second kappa shape index (κ2) is 15.0. The third-order valence-electron chi connectivity index (χ3n) is 4.85. The minimum atomic E-state index is -1.21. The molecule has 0 spiro atoms. The van der Waals surface area contributed by atoms with Crippen LogP contribution in [0.15, 0.2) is 73.3 Å². The second-order valence-electron chi connectivity index (χ2n) is 7.68. The smallest absolute Gasteiger partial charge is 0.324 e. The standard InChI is InChI=1S/C10H8N2O.2C6H3N3O7/c1-5-11-6-2-9(1)13-10-3-7-12-8-4-10;2*10-6-4(8(13)14)1-3(7(11)12)2-5(6)9(15)16/h1-8H;2*1-2,10H. The summed E-state index contributed by atoms with van der Waals surface area (Å²) < 4.78 is 5.50. The van der Waals surface area contributed by atoms with Crippen molar-refractivity contribution in [1.82, 2.24) is 9.97 Å². The summed E-state index contributed by atoms with van der Waals surface area (Å²) >= 11 is 0. The summed E-state index contributed by atoms with van der Waals surface area (Å²) in [4.78, 5) is 63.3. The summed E-state index contributed by atoms with van der Waals surface area (Å²) in [6.07, 6.45) is 6.76. The number of nitro benzene ring substituents is 6. The molecule has 0 unspecified atom stereocenters. The van der Waals surface area contributed by atoms with Crippen LogP contribution in [0, 0.1) is 60.7 Å². The molecule has 0 fully saturated rings. The summed E-state index contributed by atoms with van der Waals surface area (Å²) in [6.45, 7) is 0. The van der Waals surface area contributed by atoms with E-state index >= 15 is 0 Å². The number of nitrogens with zero attached hydrogens (tertiary/aromatic N) is 8. The third kappa shape index (κ3) is 9.28. The number of ether oxygens (including phenoxy) is 1. The molecule has 2 aromatic heterocycles. The largest absolute Gasteiger partial charge is 0.497 e. The fourth-order valence-corrected chi connectivity index (χ4v) is 2.90. The van der Waals surface area contributed by atoms with E-state index in [2.05, 4.69) is 9.97 Å². The quantitative estimate of drug-likeness (QED) is 0.200. The van der Waals surface area contributed by atoms with Gasteiger partial charge in [-0.15, -0.1) is 0 Å². The SMILES string of the molecule is O=[N+]([O-])c1cc([N+](=O)[O-])c(O)c([N+](=O)[O-])c1.O=[N+]([O-])c1cc([N+](=O)[O-])c(O)c([N+](=O)[O-])c1.c1cc(Oc2ccncc2)ccn1. The first kappa shape index (κ1) is 33.7. The van der Waals surface area contributed by atoms with E-state index in [1.54, 1.807) is 49.1 Å². The monoisotopic (exact) mass is 630 g/mol. The van der Waals surface area contributed by atoms with Gasteiger partial charge in [0, 0.05) is 24.8 Å². The molecule has 2 heterocycles. The Morgan fingerprint density at radius 1 is 0.467 bits per heavy atom. The van der Waals surface area contributed by atoms with E-state index in [1.807, 2.05) is 0 Å². The Kier molecular flexibility index (Phi) is 11.2. The van der Waals surface area contributed by atoms with E-state index in [-0.39, 0.29) is 0 Å². The molecule has 2 N–H and O–H groups in total. The first-order chi connectivity index (χ1) is 21.1. The molecule has 23 nitrogen and oxygen atoms in total. The van der Waals surface area contributed by atoms with Crippen LogP contribution in [-0.4, -0.2) is 49.7 Å². The first-order valence-electron chi connectivity index (χ1n) is 11.2. The molecular weight excluding hydrogens is 616 g/mol. The van der Waals surface area contributed by atoms with Gasteiger partial charge >= 0.3 is 22.7 Å². The average molecular weight is 630 g/mol. The van der Waals surface area contributed by atoms with Gasteiger partial charge in [-0.3, -0.25) is 70.7 Å². The van der Waals surface area contributed by atoms with Gasteiger partial charge in [-0.05, 0) is 24.3 Å². The van der Waals surface area contributed by atoms with Crippen LogP contribution in [0.1, 0.15) is 0 Å². The van der Waals surface area contributed by atoms with Crippen LogP contribution < -0.4 is 4.74 Å². The minimum Gasteiger partial charge on any atom is -0.497 e. The normalized spacial score (nSPS) is 9.69. The van der Waals surface area contributed by atoms with Crippen LogP contribution >= 0.6 is 0 Å². The van der Waals surface area contributed by atoms with Crippen LogP contribution in [-0.2, 0) is 0 Å². The topological polar surface area (TPSA) is 334 Å². The molecule has 0 bridgehead atoms. The van der Waals surface area contributed by atoms with Crippen molar-refractivity contribution in [2.75, 3.05) is 0 Å². The highest BCUT2D eigenvalue weighted by Gasteiger charge is 2.31. The van der Waals surface area contributed by atoms with Crippen molar-refractivity contribution in [3.63, 3.8) is 0 Å². The number of benzene rings is 2. The molecule has 23 heteroatoms. The summed E-state index contributed by atoms with van der Waals surface area (Å²) in [5.74, 6) is -0.858. The Bertz CT molecular complexity index is 1570. The summed E-state index contributed by atoms with van der Waals surface area (Å²) in [7, 11) is 0. The van der Waals surface area contributed by atoms with Crippen LogP contribution in [0.2, 0.25) is 0 Å². The number of aromatic nitrogens is 2. The van der Waals surface area contributed by atoms with Gasteiger partial charge in [0.1, 0.15) is 11.5 Å². The zero-order valence-corrected chi connectivity index (χ0v) is 21.7.